The van der Waals surface area contributed by atoms with Crippen molar-refractivity contribution in [3.8, 4) is 23.0 Å². The maximum absolute atomic E-state index is 10.3. The van der Waals surface area contributed by atoms with Gasteiger partial charge in [0.05, 0.1) is 7.11 Å². The lowest BCUT2D eigenvalue weighted by Crippen LogP contribution is -2.32. The molecule has 0 bridgehead atoms. The van der Waals surface area contributed by atoms with Crippen molar-refractivity contribution in [1.29, 1.82) is 0 Å². The molecule has 0 aliphatic carbocycles. The van der Waals surface area contributed by atoms with Crippen molar-refractivity contribution in [2.24, 2.45) is 0 Å². The van der Waals surface area contributed by atoms with Crippen molar-refractivity contribution in [3.05, 3.63) is 46.5 Å². The Morgan fingerprint density at radius 2 is 2.04 bits per heavy atom. The molecule has 0 saturated carbocycles. The first-order chi connectivity index (χ1) is 12.2. The van der Waals surface area contributed by atoms with Crippen molar-refractivity contribution in [2.45, 2.75) is 19.9 Å². The monoisotopic (exact) mass is 337 g/mol. The number of aromatic hydroxyl groups is 1. The van der Waals surface area contributed by atoms with E-state index in [4.69, 9.17) is 14.2 Å². The van der Waals surface area contributed by atoms with Crippen LogP contribution in [0.2, 0.25) is 0 Å². The molecule has 5 nitrogen and oxygen atoms in total. The fourth-order valence-corrected chi connectivity index (χ4v) is 4.19. The zero-order valence-corrected chi connectivity index (χ0v) is 14.3. The largest absolute Gasteiger partial charge is 0.504 e. The summed E-state index contributed by atoms with van der Waals surface area (Å²) in [5.74, 6) is 2.42. The number of hydrogen-bond donors (Lipinski definition) is 1. The first kappa shape index (κ1) is 14.5. The van der Waals surface area contributed by atoms with Crippen molar-refractivity contribution in [1.82, 2.24) is 4.90 Å². The number of benzene rings is 2. The maximum atomic E-state index is 10.3. The summed E-state index contributed by atoms with van der Waals surface area (Å²) in [6, 6.07) is 7.88. The Balaban J connectivity index is 1.72. The number of nitrogens with zero attached hydrogens (tertiary/aromatic N) is 1. The second kappa shape index (κ2) is 5.09. The summed E-state index contributed by atoms with van der Waals surface area (Å²) in [7, 11) is 1.58. The summed E-state index contributed by atoms with van der Waals surface area (Å²) in [5.41, 5.74) is 7.07. The van der Waals surface area contributed by atoms with Gasteiger partial charge in [0.1, 0.15) is 0 Å². The van der Waals surface area contributed by atoms with E-state index in [2.05, 4.69) is 17.9 Å². The van der Waals surface area contributed by atoms with Crippen LogP contribution in [0.15, 0.2) is 24.3 Å². The number of ether oxygens (including phenoxy) is 3. The van der Waals surface area contributed by atoms with E-state index in [0.717, 1.165) is 36.6 Å². The Morgan fingerprint density at radius 1 is 1.16 bits per heavy atom. The molecule has 0 amide bonds. The first-order valence-electron chi connectivity index (χ1n) is 8.45. The molecular weight excluding hydrogens is 318 g/mol. The molecule has 3 aliphatic heterocycles. The van der Waals surface area contributed by atoms with Crippen LogP contribution in [0.25, 0.3) is 11.3 Å². The van der Waals surface area contributed by atoms with E-state index in [1.165, 1.54) is 28.0 Å². The average molecular weight is 337 g/mol. The third kappa shape index (κ3) is 1.95. The molecule has 5 heteroatoms. The van der Waals surface area contributed by atoms with Crippen molar-refractivity contribution in [3.63, 3.8) is 0 Å². The predicted molar refractivity (Wildman–Crippen MR) is 93.8 cm³/mol. The van der Waals surface area contributed by atoms with Crippen LogP contribution in [-0.4, -0.2) is 30.5 Å². The molecule has 0 fully saturated rings. The molecular formula is C20H19NO4. The minimum Gasteiger partial charge on any atom is -0.504 e. The van der Waals surface area contributed by atoms with Gasteiger partial charge in [-0.05, 0) is 48.2 Å². The third-order valence-corrected chi connectivity index (χ3v) is 5.38. The van der Waals surface area contributed by atoms with Crippen LogP contribution >= 0.6 is 0 Å². The van der Waals surface area contributed by atoms with Gasteiger partial charge in [0.25, 0.3) is 0 Å². The second-order valence-electron chi connectivity index (χ2n) is 6.65. The molecule has 0 aromatic heterocycles. The Kier molecular flexibility index (Phi) is 2.95. The highest BCUT2D eigenvalue weighted by molar-refractivity contribution is 5.94. The highest BCUT2D eigenvalue weighted by Gasteiger charge is 2.33. The van der Waals surface area contributed by atoms with Gasteiger partial charge >= 0.3 is 0 Å². The normalized spacial score (nSPS) is 17.1. The van der Waals surface area contributed by atoms with Gasteiger partial charge in [-0.25, -0.2) is 0 Å². The van der Waals surface area contributed by atoms with Crippen molar-refractivity contribution in [2.75, 3.05) is 20.4 Å². The van der Waals surface area contributed by atoms with Crippen molar-refractivity contribution < 1.29 is 19.3 Å². The van der Waals surface area contributed by atoms with Gasteiger partial charge < -0.3 is 24.2 Å². The highest BCUT2D eigenvalue weighted by Crippen LogP contribution is 2.48. The molecule has 0 unspecified atom stereocenters. The fourth-order valence-electron chi connectivity index (χ4n) is 4.19. The Morgan fingerprint density at radius 3 is 2.88 bits per heavy atom. The van der Waals surface area contributed by atoms with E-state index < -0.39 is 0 Å². The minimum atomic E-state index is 0.180. The third-order valence-electron chi connectivity index (χ3n) is 5.38. The van der Waals surface area contributed by atoms with Crippen LogP contribution < -0.4 is 14.2 Å². The number of phenolic OH excluding ortho intramolecular Hbond substituents is 1. The number of allylic oxidation sites excluding steroid dienone is 1. The molecule has 3 heterocycles. The first-order valence-corrected chi connectivity index (χ1v) is 8.45. The quantitative estimate of drug-likeness (QED) is 0.864. The summed E-state index contributed by atoms with van der Waals surface area (Å²) in [4.78, 5) is 2.37. The van der Waals surface area contributed by atoms with Gasteiger partial charge in [-0.15, -0.1) is 0 Å². The van der Waals surface area contributed by atoms with Crippen molar-refractivity contribution >= 4 is 11.3 Å². The zero-order chi connectivity index (χ0) is 17.1. The van der Waals surface area contributed by atoms with Crippen LogP contribution in [0, 0.1) is 0 Å². The van der Waals surface area contributed by atoms with Gasteiger partial charge in [-0.3, -0.25) is 0 Å². The molecule has 0 radical (unpaired) electrons. The second-order valence-corrected chi connectivity index (χ2v) is 6.65. The minimum absolute atomic E-state index is 0.180. The summed E-state index contributed by atoms with van der Waals surface area (Å²) >= 11 is 0. The summed E-state index contributed by atoms with van der Waals surface area (Å²) < 4.78 is 16.5. The van der Waals surface area contributed by atoms with Crippen LogP contribution in [0.1, 0.15) is 29.2 Å². The molecule has 3 aliphatic rings. The molecule has 128 valence electrons. The van der Waals surface area contributed by atoms with Crippen LogP contribution in [0.5, 0.6) is 23.0 Å². The van der Waals surface area contributed by atoms with E-state index in [9.17, 15) is 5.11 Å². The highest BCUT2D eigenvalue weighted by atomic mass is 16.7. The van der Waals surface area contributed by atoms with Gasteiger partial charge in [0.15, 0.2) is 23.0 Å². The van der Waals surface area contributed by atoms with Gasteiger partial charge in [0.2, 0.25) is 6.79 Å². The van der Waals surface area contributed by atoms with E-state index in [1.807, 2.05) is 18.2 Å². The molecule has 0 saturated heterocycles. The molecule has 1 N–H and O–H groups in total. The number of phenols is 1. The lowest BCUT2D eigenvalue weighted by molar-refractivity contribution is 0.172. The molecule has 0 atom stereocenters. The Labute approximate surface area is 146 Å². The van der Waals surface area contributed by atoms with Crippen LogP contribution in [0.4, 0.5) is 0 Å². The number of rotatable bonds is 1. The SMILES string of the molecule is COc1cc2c(cc1O)C1=C(C)c3ccc4c(c3CN1CC2)OCO4. The summed E-state index contributed by atoms with van der Waals surface area (Å²) in [5, 5.41) is 10.3. The van der Waals surface area contributed by atoms with E-state index in [1.54, 1.807) is 7.11 Å². The fraction of sp³-hybridized carbons (Fsp3) is 0.300. The maximum Gasteiger partial charge on any atom is 0.231 e. The molecule has 0 spiro atoms. The average Bonchev–Trinajstić information content (AvgIpc) is 3.10. The topological polar surface area (TPSA) is 51.2 Å². The number of methoxy groups -OCH3 is 1. The predicted octanol–water partition coefficient (Wildman–Crippen LogP) is 3.39. The van der Waals surface area contributed by atoms with Crippen LogP contribution in [0.3, 0.4) is 0 Å². The van der Waals surface area contributed by atoms with E-state index in [-0.39, 0.29) is 12.5 Å². The van der Waals surface area contributed by atoms with Gasteiger partial charge in [-0.1, -0.05) is 6.07 Å². The van der Waals surface area contributed by atoms with E-state index in [0.29, 0.717) is 5.75 Å². The number of fused-ring (bicyclic) bond motifs is 6. The number of hydrogen-bond acceptors (Lipinski definition) is 5. The Hall–Kier alpha value is -2.82. The summed E-state index contributed by atoms with van der Waals surface area (Å²) in [6.45, 7) is 4.15. The van der Waals surface area contributed by atoms with Gasteiger partial charge in [0, 0.05) is 29.9 Å². The van der Waals surface area contributed by atoms with E-state index >= 15 is 0 Å². The molecule has 5 rings (SSSR count). The zero-order valence-electron chi connectivity index (χ0n) is 14.3. The summed E-state index contributed by atoms with van der Waals surface area (Å²) in [6.07, 6.45) is 0.921. The molecule has 2 aromatic carbocycles. The smallest absolute Gasteiger partial charge is 0.231 e. The molecule has 2 aromatic rings. The standard InChI is InChI=1S/C20H19NO4/c1-11-13-3-4-17-20(25-10-24-17)15(13)9-21-6-5-12-7-18(23-2)16(22)8-14(12)19(11)21/h3-4,7-8,22H,5-6,9-10H2,1-2H3. The molecule has 25 heavy (non-hydrogen) atoms. The van der Waals surface area contributed by atoms with Gasteiger partial charge in [-0.2, -0.15) is 0 Å². The Bertz CT molecular complexity index is 932. The lowest BCUT2D eigenvalue weighted by Gasteiger charge is -2.39. The lowest BCUT2D eigenvalue weighted by atomic mass is 9.86. The van der Waals surface area contributed by atoms with Crippen LogP contribution in [-0.2, 0) is 13.0 Å².